The molecule has 17 heavy (non-hydrogen) atoms. The molecule has 0 aliphatic rings. The monoisotopic (exact) mass is 246 g/mol. The minimum Gasteiger partial charge on any atom is -0.496 e. The van der Waals surface area contributed by atoms with Crippen molar-refractivity contribution in [1.82, 2.24) is 9.97 Å². The van der Waals surface area contributed by atoms with Crippen molar-refractivity contribution in [2.45, 2.75) is 13.3 Å². The van der Waals surface area contributed by atoms with Crippen LogP contribution < -0.4 is 4.74 Å². The Bertz CT molecular complexity index is 578. The third kappa shape index (κ3) is 2.53. The Kier molecular flexibility index (Phi) is 3.54. The number of nitrogens with one attached hydrogen (secondary N) is 1. The van der Waals surface area contributed by atoms with Crippen LogP contribution >= 0.6 is 12.2 Å². The Morgan fingerprint density at radius 1 is 1.35 bits per heavy atom. The molecule has 0 fully saturated rings. The lowest BCUT2D eigenvalue weighted by Crippen LogP contribution is -1.96. The first-order valence-electron chi connectivity index (χ1n) is 5.48. The summed E-state index contributed by atoms with van der Waals surface area (Å²) in [5.74, 6) is 1.55. The molecule has 2 aromatic rings. The van der Waals surface area contributed by atoms with E-state index < -0.39 is 0 Å². The van der Waals surface area contributed by atoms with Crippen molar-refractivity contribution < 1.29 is 4.74 Å². The summed E-state index contributed by atoms with van der Waals surface area (Å²) in [6.07, 6.45) is 0.897. The molecule has 0 saturated carbocycles. The molecule has 0 saturated heterocycles. The van der Waals surface area contributed by atoms with Crippen molar-refractivity contribution in [2.75, 3.05) is 7.11 Å². The highest BCUT2D eigenvalue weighted by Gasteiger charge is 2.07. The van der Waals surface area contributed by atoms with E-state index in [0.29, 0.717) is 4.64 Å². The lowest BCUT2D eigenvalue weighted by molar-refractivity contribution is 0.416. The van der Waals surface area contributed by atoms with Crippen molar-refractivity contribution in [3.63, 3.8) is 0 Å². The van der Waals surface area contributed by atoms with Crippen LogP contribution in [0, 0.1) is 4.64 Å². The number of para-hydroxylation sites is 1. The minimum atomic E-state index is 0.599. The topological polar surface area (TPSA) is 37.9 Å². The third-order valence-electron chi connectivity index (χ3n) is 2.54. The maximum Gasteiger partial charge on any atom is 0.142 e. The Hall–Kier alpha value is -1.68. The van der Waals surface area contributed by atoms with Crippen LogP contribution in [0.2, 0.25) is 0 Å². The van der Waals surface area contributed by atoms with Gasteiger partial charge in [0.25, 0.3) is 0 Å². The standard InChI is InChI=1S/C13H14N2OS/c1-3-9-8-12(17)15-13(14-9)10-6-4-5-7-11(10)16-2/h4-8H,3H2,1-2H3,(H,14,15,17). The van der Waals surface area contributed by atoms with E-state index in [0.717, 1.165) is 29.3 Å². The van der Waals surface area contributed by atoms with Gasteiger partial charge >= 0.3 is 0 Å². The van der Waals surface area contributed by atoms with Crippen LogP contribution in [-0.2, 0) is 6.42 Å². The molecule has 0 atom stereocenters. The number of H-pyrrole nitrogens is 1. The highest BCUT2D eigenvalue weighted by atomic mass is 32.1. The second kappa shape index (κ2) is 5.10. The van der Waals surface area contributed by atoms with E-state index in [1.165, 1.54) is 0 Å². The summed E-state index contributed by atoms with van der Waals surface area (Å²) in [7, 11) is 1.65. The number of hydrogen-bond acceptors (Lipinski definition) is 3. The van der Waals surface area contributed by atoms with Crippen molar-refractivity contribution >= 4 is 12.2 Å². The van der Waals surface area contributed by atoms with Crippen LogP contribution in [0.1, 0.15) is 12.6 Å². The number of benzene rings is 1. The van der Waals surface area contributed by atoms with Gasteiger partial charge in [-0.15, -0.1) is 0 Å². The quantitative estimate of drug-likeness (QED) is 0.844. The highest BCUT2D eigenvalue weighted by molar-refractivity contribution is 7.71. The summed E-state index contributed by atoms with van der Waals surface area (Å²) in [5, 5.41) is 0. The Morgan fingerprint density at radius 3 is 2.82 bits per heavy atom. The van der Waals surface area contributed by atoms with Crippen LogP contribution in [-0.4, -0.2) is 17.1 Å². The zero-order valence-electron chi connectivity index (χ0n) is 9.86. The maximum atomic E-state index is 5.32. The number of aromatic amines is 1. The van der Waals surface area contributed by atoms with Gasteiger partial charge in [0.1, 0.15) is 16.2 Å². The smallest absolute Gasteiger partial charge is 0.142 e. The zero-order chi connectivity index (χ0) is 12.3. The summed E-state index contributed by atoms with van der Waals surface area (Å²) in [5.41, 5.74) is 2.00. The lowest BCUT2D eigenvalue weighted by Gasteiger charge is -2.08. The molecule has 0 spiro atoms. The zero-order valence-corrected chi connectivity index (χ0v) is 10.7. The molecular weight excluding hydrogens is 232 g/mol. The van der Waals surface area contributed by atoms with Gasteiger partial charge in [-0.2, -0.15) is 0 Å². The number of methoxy groups -OCH3 is 1. The van der Waals surface area contributed by atoms with Crippen molar-refractivity contribution in [3.8, 4) is 17.1 Å². The molecule has 0 bridgehead atoms. The molecule has 88 valence electrons. The fourth-order valence-corrected chi connectivity index (χ4v) is 1.90. The number of ether oxygens (including phenoxy) is 1. The van der Waals surface area contributed by atoms with E-state index in [2.05, 4.69) is 16.9 Å². The van der Waals surface area contributed by atoms with Crippen LogP contribution in [0.25, 0.3) is 11.4 Å². The molecule has 0 aliphatic heterocycles. The van der Waals surface area contributed by atoms with Gasteiger partial charge in [-0.25, -0.2) is 4.98 Å². The van der Waals surface area contributed by atoms with Gasteiger partial charge in [-0.05, 0) is 24.6 Å². The van der Waals surface area contributed by atoms with Crippen LogP contribution in [0.15, 0.2) is 30.3 Å². The normalized spacial score (nSPS) is 10.2. The summed E-state index contributed by atoms with van der Waals surface area (Å²) >= 11 is 5.16. The predicted octanol–water partition coefficient (Wildman–Crippen LogP) is 3.38. The number of hydrogen-bond donors (Lipinski definition) is 1. The largest absolute Gasteiger partial charge is 0.496 e. The van der Waals surface area contributed by atoms with E-state index in [9.17, 15) is 0 Å². The van der Waals surface area contributed by atoms with Gasteiger partial charge in [0.2, 0.25) is 0 Å². The minimum absolute atomic E-state index is 0.599. The Morgan fingerprint density at radius 2 is 2.12 bits per heavy atom. The highest BCUT2D eigenvalue weighted by Crippen LogP contribution is 2.26. The van der Waals surface area contributed by atoms with Crippen molar-refractivity contribution in [3.05, 3.63) is 40.7 Å². The first-order valence-corrected chi connectivity index (χ1v) is 5.89. The summed E-state index contributed by atoms with van der Waals surface area (Å²) in [4.78, 5) is 7.61. The molecule has 0 amide bonds. The van der Waals surface area contributed by atoms with Gasteiger partial charge in [-0.3, -0.25) is 0 Å². The van der Waals surface area contributed by atoms with E-state index >= 15 is 0 Å². The maximum absolute atomic E-state index is 5.32. The molecule has 1 heterocycles. The lowest BCUT2D eigenvalue weighted by atomic mass is 10.2. The molecule has 1 aromatic heterocycles. The van der Waals surface area contributed by atoms with Gasteiger partial charge < -0.3 is 9.72 Å². The van der Waals surface area contributed by atoms with Gasteiger partial charge in [0, 0.05) is 5.69 Å². The Labute approximate surface area is 105 Å². The molecule has 0 unspecified atom stereocenters. The van der Waals surface area contributed by atoms with Crippen molar-refractivity contribution in [1.29, 1.82) is 0 Å². The Balaban J connectivity index is 2.59. The summed E-state index contributed by atoms with van der Waals surface area (Å²) in [6.45, 7) is 2.08. The van der Waals surface area contributed by atoms with Gasteiger partial charge in [-0.1, -0.05) is 31.3 Å². The van der Waals surface area contributed by atoms with Gasteiger partial charge in [0.15, 0.2) is 0 Å². The number of aromatic nitrogens is 2. The summed E-state index contributed by atoms with van der Waals surface area (Å²) in [6, 6.07) is 9.64. The molecule has 1 N–H and O–H groups in total. The molecule has 3 nitrogen and oxygen atoms in total. The second-order valence-electron chi connectivity index (χ2n) is 3.65. The van der Waals surface area contributed by atoms with Gasteiger partial charge in [0.05, 0.1) is 12.7 Å². The molecule has 0 aliphatic carbocycles. The molecule has 1 aromatic carbocycles. The number of rotatable bonds is 3. The average Bonchev–Trinajstić information content (AvgIpc) is 2.37. The first kappa shape index (κ1) is 11.8. The summed E-state index contributed by atoms with van der Waals surface area (Å²) < 4.78 is 5.92. The van der Waals surface area contributed by atoms with Crippen LogP contribution in [0.5, 0.6) is 5.75 Å². The first-order chi connectivity index (χ1) is 8.24. The predicted molar refractivity (Wildman–Crippen MR) is 70.8 cm³/mol. The van der Waals surface area contributed by atoms with E-state index in [4.69, 9.17) is 17.0 Å². The third-order valence-corrected chi connectivity index (χ3v) is 2.75. The van der Waals surface area contributed by atoms with Crippen LogP contribution in [0.4, 0.5) is 0 Å². The molecular formula is C13H14N2OS. The molecule has 4 heteroatoms. The van der Waals surface area contributed by atoms with E-state index in [1.54, 1.807) is 7.11 Å². The fraction of sp³-hybridized carbons (Fsp3) is 0.231. The second-order valence-corrected chi connectivity index (χ2v) is 4.07. The number of aryl methyl sites for hydroxylation is 1. The van der Waals surface area contributed by atoms with E-state index in [-0.39, 0.29) is 0 Å². The number of nitrogens with zero attached hydrogens (tertiary/aromatic N) is 1. The molecule has 2 rings (SSSR count). The fourth-order valence-electron chi connectivity index (χ4n) is 1.67. The average molecular weight is 246 g/mol. The SMILES string of the molecule is CCc1cc(=S)nc(-c2ccccc2OC)[nH]1. The molecule has 0 radical (unpaired) electrons. The van der Waals surface area contributed by atoms with E-state index in [1.807, 2.05) is 30.3 Å². The van der Waals surface area contributed by atoms with Crippen LogP contribution in [0.3, 0.4) is 0 Å². The van der Waals surface area contributed by atoms with Crippen molar-refractivity contribution in [2.24, 2.45) is 0 Å².